The van der Waals surface area contributed by atoms with Crippen LogP contribution in [0.1, 0.15) is 20.8 Å². The van der Waals surface area contributed by atoms with Crippen molar-refractivity contribution in [2.24, 2.45) is 10.6 Å². The van der Waals surface area contributed by atoms with Gasteiger partial charge in [-0.25, -0.2) is 9.00 Å². The number of carbonyl (C=O) groups is 2. The van der Waals surface area contributed by atoms with Gasteiger partial charge in [-0.1, -0.05) is 25.9 Å². The van der Waals surface area contributed by atoms with Crippen LogP contribution in [0.3, 0.4) is 0 Å². The van der Waals surface area contributed by atoms with Crippen molar-refractivity contribution in [3.8, 4) is 0 Å². The van der Waals surface area contributed by atoms with E-state index < -0.39 is 29.6 Å². The summed E-state index contributed by atoms with van der Waals surface area (Å²) >= 11 is 6.52. The van der Waals surface area contributed by atoms with Crippen molar-refractivity contribution < 1.29 is 27.7 Å². The van der Waals surface area contributed by atoms with Crippen LogP contribution in [0.4, 0.5) is 4.79 Å². The molecular weight excluding hydrogens is 447 g/mol. The Hall–Kier alpha value is -0.560. The van der Waals surface area contributed by atoms with Crippen LogP contribution in [0.5, 0.6) is 0 Å². The fourth-order valence-corrected chi connectivity index (χ4v) is 7.35. The van der Waals surface area contributed by atoms with Crippen LogP contribution in [-0.2, 0) is 41.5 Å². The summed E-state index contributed by atoms with van der Waals surface area (Å²) in [6.07, 6.45) is 0.694. The molecule has 0 spiro atoms. The Kier molecular flexibility index (Phi) is 10.0. The smallest absolute Gasteiger partial charge is 0.343 e. The zero-order valence-electron chi connectivity index (χ0n) is 16.8. The number of nitrogens with zero attached hydrogens (tertiary/aromatic N) is 3. The van der Waals surface area contributed by atoms with Crippen molar-refractivity contribution >= 4 is 58.2 Å². The fraction of sp³-hybridized carbons (Fsp3) is 0.786. The number of hydrogen-bond acceptors (Lipinski definition) is 9. The first-order valence-electron chi connectivity index (χ1n) is 8.30. The van der Waals surface area contributed by atoms with Crippen LogP contribution in [0.2, 0.25) is 0 Å². The Morgan fingerprint density at radius 1 is 1.36 bits per heavy atom. The summed E-state index contributed by atoms with van der Waals surface area (Å²) in [6.45, 7) is 4.00. The maximum atomic E-state index is 12.6. The van der Waals surface area contributed by atoms with Gasteiger partial charge in [0.05, 0.1) is 13.2 Å². The van der Waals surface area contributed by atoms with Crippen LogP contribution < -0.4 is 5.32 Å². The van der Waals surface area contributed by atoms with E-state index in [1.54, 1.807) is 27.3 Å². The molecule has 1 rings (SSSR count). The lowest BCUT2D eigenvalue weighted by Gasteiger charge is -2.40. The second-order valence-electron chi connectivity index (χ2n) is 6.67. The van der Waals surface area contributed by atoms with Crippen molar-refractivity contribution in [2.45, 2.75) is 20.8 Å². The van der Waals surface area contributed by atoms with Crippen molar-refractivity contribution in [1.29, 1.82) is 0 Å². The molecule has 0 bridgehead atoms. The van der Waals surface area contributed by atoms with Crippen LogP contribution in [0, 0.1) is 5.41 Å². The third kappa shape index (κ3) is 7.36. The minimum Gasteiger partial charge on any atom is -0.343 e. The summed E-state index contributed by atoms with van der Waals surface area (Å²) in [5.74, 6) is -0.652. The summed E-state index contributed by atoms with van der Waals surface area (Å²) in [5.41, 5.74) is -0.164. The average Bonchev–Trinajstić information content (AvgIpc) is 2.63. The molecule has 1 aliphatic heterocycles. The molecule has 162 valence electrons. The number of thioether (sulfide) groups is 1. The van der Waals surface area contributed by atoms with E-state index in [0.29, 0.717) is 19.8 Å². The molecule has 2 amide bonds. The molecule has 1 heterocycles. The van der Waals surface area contributed by atoms with E-state index in [-0.39, 0.29) is 16.3 Å². The molecule has 0 saturated carbocycles. The van der Waals surface area contributed by atoms with E-state index in [2.05, 4.69) is 15.3 Å². The van der Waals surface area contributed by atoms with E-state index >= 15 is 0 Å². The Balaban J connectivity index is 2.63. The van der Waals surface area contributed by atoms with Gasteiger partial charge in [0.2, 0.25) is 5.04 Å². The zero-order valence-corrected chi connectivity index (χ0v) is 20.1. The topological polar surface area (TPSA) is 110 Å². The van der Waals surface area contributed by atoms with E-state index in [4.69, 9.17) is 20.9 Å². The van der Waals surface area contributed by atoms with Crippen LogP contribution in [0.15, 0.2) is 5.16 Å². The SMILES string of the molecule is CCN(S(=O)CNC(=O)ON=C(SC)C(=O)N(C)C)P1(=S)OCC(C)(C)CO1. The quantitative estimate of drug-likeness (QED) is 0.204. The second kappa shape index (κ2) is 11.0. The molecule has 1 aliphatic rings. The summed E-state index contributed by atoms with van der Waals surface area (Å²) in [7, 11) is 1.43. The Bertz CT molecular complexity index is 674. The van der Waals surface area contributed by atoms with Gasteiger partial charge in [0.1, 0.15) is 16.9 Å². The molecule has 1 saturated heterocycles. The summed E-state index contributed by atoms with van der Waals surface area (Å²) < 4.78 is 25.5. The molecular formula is C14H27N4O6PS3. The predicted octanol–water partition coefficient (Wildman–Crippen LogP) is 1.72. The second-order valence-corrected chi connectivity index (χ2v) is 12.4. The van der Waals surface area contributed by atoms with Gasteiger partial charge in [0, 0.05) is 26.1 Å². The molecule has 0 aromatic heterocycles. The highest BCUT2D eigenvalue weighted by Crippen LogP contribution is 2.57. The summed E-state index contributed by atoms with van der Waals surface area (Å²) in [4.78, 5) is 29.6. The Morgan fingerprint density at radius 2 is 1.93 bits per heavy atom. The van der Waals surface area contributed by atoms with E-state index in [0.717, 1.165) is 11.8 Å². The monoisotopic (exact) mass is 474 g/mol. The molecule has 0 aromatic rings. The average molecular weight is 475 g/mol. The van der Waals surface area contributed by atoms with Gasteiger partial charge in [-0.05, 0) is 18.1 Å². The lowest BCUT2D eigenvalue weighted by atomic mass is 9.97. The molecule has 28 heavy (non-hydrogen) atoms. The molecule has 14 heteroatoms. The molecule has 1 unspecified atom stereocenters. The first-order chi connectivity index (χ1) is 13.0. The lowest BCUT2D eigenvalue weighted by molar-refractivity contribution is -0.121. The van der Waals surface area contributed by atoms with E-state index in [1.807, 2.05) is 13.8 Å². The molecule has 1 atom stereocenters. The Morgan fingerprint density at radius 3 is 2.39 bits per heavy atom. The minimum atomic E-state index is -2.89. The highest BCUT2D eigenvalue weighted by Gasteiger charge is 2.39. The number of amides is 2. The third-order valence-corrected chi connectivity index (χ3v) is 9.57. The largest absolute Gasteiger partial charge is 0.434 e. The summed E-state index contributed by atoms with van der Waals surface area (Å²) in [6, 6.07) is 0. The van der Waals surface area contributed by atoms with Gasteiger partial charge in [0.25, 0.3) is 12.5 Å². The van der Waals surface area contributed by atoms with E-state index in [1.165, 1.54) is 8.98 Å². The van der Waals surface area contributed by atoms with Crippen molar-refractivity contribution in [1.82, 2.24) is 14.3 Å². The summed E-state index contributed by atoms with van der Waals surface area (Å²) in [5, 5.41) is 5.87. The molecule has 1 fully saturated rings. The van der Waals surface area contributed by atoms with Gasteiger partial charge in [-0.2, -0.15) is 0 Å². The lowest BCUT2D eigenvalue weighted by Crippen LogP contribution is -2.38. The van der Waals surface area contributed by atoms with Crippen LogP contribution in [-0.4, -0.2) is 76.2 Å². The maximum Gasteiger partial charge on any atom is 0.434 e. The van der Waals surface area contributed by atoms with Gasteiger partial charge in [0.15, 0.2) is 0 Å². The normalized spacial score (nSPS) is 19.8. The van der Waals surface area contributed by atoms with Crippen molar-refractivity contribution in [3.05, 3.63) is 0 Å². The molecule has 0 aliphatic carbocycles. The first kappa shape index (κ1) is 25.5. The number of carbonyl (C=O) groups excluding carboxylic acids is 2. The minimum absolute atomic E-state index is 0.0125. The number of oxime groups is 1. The van der Waals surface area contributed by atoms with Crippen molar-refractivity contribution in [3.63, 3.8) is 0 Å². The van der Waals surface area contributed by atoms with Gasteiger partial charge in [-0.3, -0.25) is 9.63 Å². The predicted molar refractivity (Wildman–Crippen MR) is 115 cm³/mol. The number of nitrogens with one attached hydrogen (secondary N) is 1. The molecule has 1 N–H and O–H groups in total. The molecule has 0 radical (unpaired) electrons. The third-order valence-electron chi connectivity index (χ3n) is 3.35. The first-order valence-corrected chi connectivity index (χ1v) is 13.4. The highest BCUT2D eigenvalue weighted by molar-refractivity contribution is 8.15. The standard InChI is InChI=1S/C14H27N4O6PS3/c1-7-18(25(26)22-8-14(2,3)9-23-25)28(21)10-15-13(20)24-16-11(27-6)12(19)17(4)5/h7-10H2,1-6H3,(H,15,20). The fourth-order valence-electron chi connectivity index (χ4n) is 1.81. The number of hydrogen-bond donors (Lipinski definition) is 1. The van der Waals surface area contributed by atoms with Gasteiger partial charge in [-0.15, -0.1) is 15.8 Å². The Labute approximate surface area is 177 Å². The van der Waals surface area contributed by atoms with Crippen LogP contribution in [0.25, 0.3) is 0 Å². The van der Waals surface area contributed by atoms with Gasteiger partial charge >= 0.3 is 6.09 Å². The zero-order chi connectivity index (χ0) is 21.5. The highest BCUT2D eigenvalue weighted by atomic mass is 32.5. The van der Waals surface area contributed by atoms with E-state index in [9.17, 15) is 13.8 Å². The van der Waals surface area contributed by atoms with Crippen molar-refractivity contribution in [2.75, 3.05) is 46.0 Å². The molecule has 0 aromatic carbocycles. The molecule has 10 nitrogen and oxygen atoms in total. The maximum absolute atomic E-state index is 12.6. The number of rotatable bonds is 6. The van der Waals surface area contributed by atoms with Crippen LogP contribution >= 0.6 is 18.4 Å². The van der Waals surface area contributed by atoms with Gasteiger partial charge < -0.3 is 19.3 Å².